The van der Waals surface area contributed by atoms with Crippen LogP contribution in [0.4, 0.5) is 69.2 Å². The fourth-order valence-electron chi connectivity index (χ4n) is 19.8. The van der Waals surface area contributed by atoms with Crippen molar-refractivity contribution in [3.8, 4) is 63.1 Å². The van der Waals surface area contributed by atoms with Crippen molar-refractivity contribution in [2.24, 2.45) is 0 Å². The molecule has 22 heteroatoms. The van der Waals surface area contributed by atoms with E-state index in [9.17, 15) is 0 Å². The van der Waals surface area contributed by atoms with E-state index >= 15 is 35.1 Å². The van der Waals surface area contributed by atoms with E-state index in [0.29, 0.717) is 117 Å². The zero-order valence-electron chi connectivity index (χ0n) is 59.8. The number of fused-ring (bicyclic) bond motifs is 25. The van der Waals surface area contributed by atoms with Gasteiger partial charge in [0.1, 0.15) is 104 Å². The molecule has 6 aliphatic heterocycles. The van der Waals surface area contributed by atoms with E-state index in [1.807, 2.05) is 127 Å². The first-order chi connectivity index (χ1) is 56.8. The van der Waals surface area contributed by atoms with Gasteiger partial charge in [0.05, 0.1) is 50.2 Å². The number of benzene rings is 15. The Balaban J connectivity index is 0.776. The van der Waals surface area contributed by atoms with E-state index in [0.717, 1.165) is 51.5 Å². The van der Waals surface area contributed by atoms with Gasteiger partial charge in [-0.3, -0.25) is 0 Å². The lowest BCUT2D eigenvalue weighted by atomic mass is 9.30. The molecule has 6 aliphatic rings. The molecule has 0 N–H and O–H groups in total. The quantitative estimate of drug-likeness (QED) is 0.126. The number of rotatable bonds is 5. The van der Waals surface area contributed by atoms with Gasteiger partial charge in [0.25, 0.3) is 20.1 Å². The summed E-state index contributed by atoms with van der Waals surface area (Å²) in [7, 11) is 0. The average Bonchev–Trinajstić information content (AvgIpc) is 0.867. The SMILES string of the molecule is Fc1cccc(F)c1N1c2cc3c(cc2B2c4cc5c(cc4Oc4cc(-n6c7ccccc7c7ccccc76)cc1c42)N(c1c(F)cccc1F)c1cc(-n2c4c(F)cccc4c4cccc(F)c42)cc2c1B5c1sc4ccccc4c1O2)B1c2sc4ccccc4c2Oc2cc(-n4c5c(F)cccc5c5cccc(F)c54)cc(c21)O3. The van der Waals surface area contributed by atoms with Crippen LogP contribution in [0.15, 0.2) is 267 Å². The first-order valence-electron chi connectivity index (χ1n) is 37.7. The molecular formula is C94H44B3F8N5O4S2. The molecule has 0 saturated carbocycles. The molecule has 15 aromatic carbocycles. The second kappa shape index (κ2) is 22.9. The highest BCUT2D eigenvalue weighted by Gasteiger charge is 2.52. The first-order valence-corrected chi connectivity index (χ1v) is 39.3. The van der Waals surface area contributed by atoms with Crippen LogP contribution < -0.4 is 76.5 Å². The number of aromatic nitrogens is 3. The van der Waals surface area contributed by atoms with Gasteiger partial charge in [0.2, 0.25) is 0 Å². The summed E-state index contributed by atoms with van der Waals surface area (Å²) in [4.78, 5) is 3.13. The Morgan fingerprint density at radius 1 is 0.250 bits per heavy atom. The van der Waals surface area contributed by atoms with E-state index in [1.54, 1.807) is 93.6 Å². The Morgan fingerprint density at radius 2 is 0.578 bits per heavy atom. The van der Waals surface area contributed by atoms with Gasteiger partial charge in [-0.1, -0.05) is 133 Å². The van der Waals surface area contributed by atoms with Crippen LogP contribution in [0, 0.1) is 46.5 Å². The summed E-state index contributed by atoms with van der Waals surface area (Å²) in [6.07, 6.45) is 0. The minimum Gasteiger partial charge on any atom is -0.458 e. The molecule has 20 aromatic rings. The van der Waals surface area contributed by atoms with Gasteiger partial charge in [-0.25, -0.2) is 35.1 Å². The molecular weight excluding hydrogens is 1510 g/mol. The van der Waals surface area contributed by atoms with Crippen molar-refractivity contribution in [3.05, 3.63) is 313 Å². The lowest BCUT2D eigenvalue weighted by Crippen LogP contribution is -2.64. The molecule has 9 nitrogen and oxygen atoms in total. The summed E-state index contributed by atoms with van der Waals surface area (Å²) in [5.74, 6) is -3.24. The van der Waals surface area contributed by atoms with Gasteiger partial charge in [0, 0.05) is 127 Å². The summed E-state index contributed by atoms with van der Waals surface area (Å²) < 4.78 is 177. The third kappa shape index (κ3) is 8.39. The molecule has 116 heavy (non-hydrogen) atoms. The molecule has 11 heterocycles. The highest BCUT2D eigenvalue weighted by Crippen LogP contribution is 2.53. The number of ether oxygens (including phenoxy) is 4. The predicted octanol–water partition coefficient (Wildman–Crippen LogP) is 20.1. The Kier molecular flexibility index (Phi) is 12.8. The van der Waals surface area contributed by atoms with Crippen molar-refractivity contribution in [1.29, 1.82) is 0 Å². The van der Waals surface area contributed by atoms with Crippen molar-refractivity contribution >= 4 is 210 Å². The van der Waals surface area contributed by atoms with Gasteiger partial charge in [0.15, 0.2) is 0 Å². The highest BCUT2D eigenvalue weighted by molar-refractivity contribution is 7.34. The summed E-state index contributed by atoms with van der Waals surface area (Å²) in [5.41, 5.74) is 7.45. The standard InChI is InChI=1S/C94H44B3F8N5O4S2/c98-60-23-9-19-50-51-20-10-24-61(99)86(51)107(85(50)60)46-36-73-83-77(38-46)113-91-54-17-3-7-33-80(54)115-93(91)96(83)57-42-58-74(44-71(57)110(73)90-66(104)29-14-30-67(90)105)111-76-37-45(106-68-31-5-1-15-48(68)49-16-2-6-32-69(49)106)35-72-82(76)95(58)56-41-59-75(43-70(56)109(72)89-64(102)27-13-28-65(89)103)112-78-39-47(108-87-52(21-11-25-62(87)100)53-22-12-26-63(101)88(53)108)40-79-84(78)97(59)94-92(114-79)55-18-4-8-34-81(55)116-94/h1-44H. The van der Waals surface area contributed by atoms with Crippen LogP contribution in [0.5, 0.6) is 46.0 Å². The predicted molar refractivity (Wildman–Crippen MR) is 449 cm³/mol. The Bertz CT molecular complexity index is 7800. The molecule has 0 amide bonds. The molecule has 0 unspecified atom stereocenters. The fourth-order valence-corrected chi connectivity index (χ4v) is 22.3. The van der Waals surface area contributed by atoms with Gasteiger partial charge < -0.3 is 42.4 Å². The largest absolute Gasteiger partial charge is 0.458 e. The van der Waals surface area contributed by atoms with Crippen molar-refractivity contribution in [1.82, 2.24) is 13.7 Å². The molecule has 0 fully saturated rings. The lowest BCUT2D eigenvalue weighted by Gasteiger charge is -2.43. The topological polar surface area (TPSA) is 58.2 Å². The van der Waals surface area contributed by atoms with Crippen molar-refractivity contribution in [2.75, 3.05) is 9.80 Å². The van der Waals surface area contributed by atoms with Gasteiger partial charge >= 0.3 is 0 Å². The number of halogens is 8. The molecule has 0 radical (unpaired) electrons. The maximum Gasteiger partial charge on any atom is 0.273 e. The van der Waals surface area contributed by atoms with E-state index in [4.69, 9.17) is 18.9 Å². The highest BCUT2D eigenvalue weighted by atomic mass is 32.1. The minimum atomic E-state index is -0.926. The van der Waals surface area contributed by atoms with Crippen molar-refractivity contribution < 1.29 is 54.1 Å². The van der Waals surface area contributed by atoms with Crippen molar-refractivity contribution in [3.63, 3.8) is 0 Å². The zero-order chi connectivity index (χ0) is 76.8. The second-order valence-electron chi connectivity index (χ2n) is 30.2. The van der Waals surface area contributed by atoms with Crippen LogP contribution in [-0.2, 0) is 0 Å². The molecule has 0 aliphatic carbocycles. The van der Waals surface area contributed by atoms with Crippen LogP contribution in [0.3, 0.4) is 0 Å². The fraction of sp³-hybridized carbons (Fsp3) is 0. The molecule has 0 bridgehead atoms. The van der Waals surface area contributed by atoms with E-state index < -0.39 is 78.1 Å². The van der Waals surface area contributed by atoms with Crippen LogP contribution in [0.2, 0.25) is 0 Å². The number of hydrogen-bond donors (Lipinski definition) is 0. The Morgan fingerprint density at radius 3 is 1.03 bits per heavy atom. The summed E-state index contributed by atoms with van der Waals surface area (Å²) in [5, 5.41) is 5.30. The number of nitrogens with zero attached hydrogens (tertiary/aromatic N) is 5. The third-order valence-corrected chi connectivity index (χ3v) is 26.8. The third-order valence-electron chi connectivity index (χ3n) is 24.3. The number of anilines is 6. The summed E-state index contributed by atoms with van der Waals surface area (Å²) >= 11 is 3.05. The van der Waals surface area contributed by atoms with Crippen molar-refractivity contribution in [2.45, 2.75) is 0 Å². The number of hydrogen-bond acceptors (Lipinski definition) is 8. The Labute approximate surface area is 660 Å². The smallest absolute Gasteiger partial charge is 0.273 e. The molecule has 0 spiro atoms. The number of thiophene rings is 2. The molecule has 0 saturated heterocycles. The van der Waals surface area contributed by atoms with Crippen LogP contribution in [0.1, 0.15) is 0 Å². The Hall–Kier alpha value is -13.9. The molecule has 5 aromatic heterocycles. The normalized spacial score (nSPS) is 13.7. The maximum atomic E-state index is 18.0. The maximum absolute atomic E-state index is 18.0. The van der Waals surface area contributed by atoms with Gasteiger partial charge in [-0.05, 0) is 130 Å². The molecule has 26 rings (SSSR count). The van der Waals surface area contributed by atoms with Gasteiger partial charge in [-0.15, -0.1) is 22.7 Å². The van der Waals surface area contributed by atoms with E-state index in [2.05, 4.69) is 10.6 Å². The monoisotopic (exact) mass is 1560 g/mol. The minimum absolute atomic E-state index is 0.0669. The first kappa shape index (κ1) is 64.6. The second-order valence-corrected chi connectivity index (χ2v) is 32.4. The average molecular weight is 1560 g/mol. The van der Waals surface area contributed by atoms with Gasteiger partial charge in [-0.2, -0.15) is 0 Å². The lowest BCUT2D eigenvalue weighted by molar-refractivity contribution is 0.467. The van der Waals surface area contributed by atoms with Crippen LogP contribution in [0.25, 0.3) is 103 Å². The van der Waals surface area contributed by atoms with Crippen LogP contribution in [-0.4, -0.2) is 33.8 Å². The molecule has 546 valence electrons. The summed E-state index contributed by atoms with van der Waals surface area (Å²) in [6.45, 7) is -2.38. The molecule has 0 atom stereocenters. The number of para-hydroxylation sites is 8. The zero-order valence-corrected chi connectivity index (χ0v) is 61.5. The van der Waals surface area contributed by atoms with E-state index in [1.165, 1.54) is 81.5 Å². The van der Waals surface area contributed by atoms with Crippen LogP contribution >= 0.6 is 22.7 Å². The summed E-state index contributed by atoms with van der Waals surface area (Å²) in [6, 6.07) is 76.4. The van der Waals surface area contributed by atoms with E-state index in [-0.39, 0.29) is 50.7 Å².